The molecule has 1 aromatic carbocycles. The summed E-state index contributed by atoms with van der Waals surface area (Å²) in [5.74, 6) is 0.247. The molecule has 0 unspecified atom stereocenters. The largest absolute Gasteiger partial charge is 0.465 e. The first kappa shape index (κ1) is 23.5. The van der Waals surface area contributed by atoms with Gasteiger partial charge in [-0.25, -0.2) is 9.18 Å². The average Bonchev–Trinajstić information content (AvgIpc) is 2.86. The third-order valence-electron chi connectivity index (χ3n) is 7.92. The van der Waals surface area contributed by atoms with Crippen molar-refractivity contribution in [3.05, 3.63) is 41.7 Å². The van der Waals surface area contributed by atoms with E-state index in [9.17, 15) is 14.0 Å². The lowest BCUT2D eigenvalue weighted by Gasteiger charge is -2.53. The molecule has 4 aliphatic rings. The van der Waals surface area contributed by atoms with Gasteiger partial charge in [-0.1, -0.05) is 12.1 Å². The van der Waals surface area contributed by atoms with Crippen LogP contribution in [0, 0.1) is 5.41 Å². The predicted molar refractivity (Wildman–Crippen MR) is 124 cm³/mol. The Labute approximate surface area is 194 Å². The van der Waals surface area contributed by atoms with Gasteiger partial charge >= 0.3 is 6.09 Å². The second-order valence-electron chi connectivity index (χ2n) is 9.78. The highest BCUT2D eigenvalue weighted by molar-refractivity contribution is 5.83. The molecule has 3 saturated carbocycles. The van der Waals surface area contributed by atoms with E-state index >= 15 is 0 Å². The molecule has 0 atom stereocenters. The maximum atomic E-state index is 13.1. The number of benzene rings is 1. The van der Waals surface area contributed by atoms with Crippen LogP contribution in [-0.4, -0.2) is 49.5 Å². The van der Waals surface area contributed by atoms with Crippen molar-refractivity contribution in [1.29, 1.82) is 0 Å². The average molecular weight is 460 g/mol. The number of amides is 2. The van der Waals surface area contributed by atoms with Crippen molar-refractivity contribution < 1.29 is 23.8 Å². The van der Waals surface area contributed by atoms with E-state index in [0.717, 1.165) is 70.3 Å². The molecule has 4 fully saturated rings. The highest BCUT2D eigenvalue weighted by Crippen LogP contribution is 2.58. The molecule has 8 heteroatoms. The molecule has 1 aromatic rings. The maximum absolute atomic E-state index is 13.1. The molecule has 33 heavy (non-hydrogen) atoms. The monoisotopic (exact) mass is 459 g/mol. The van der Waals surface area contributed by atoms with Crippen molar-refractivity contribution in [2.24, 2.45) is 5.41 Å². The molecule has 4 N–H and O–H groups in total. The first-order valence-electron chi connectivity index (χ1n) is 11.9. The Kier molecular flexibility index (Phi) is 7.22. The van der Waals surface area contributed by atoms with Gasteiger partial charge in [0.2, 0.25) is 5.91 Å². The van der Waals surface area contributed by atoms with Crippen LogP contribution < -0.4 is 16.0 Å². The summed E-state index contributed by atoms with van der Waals surface area (Å²) in [6.45, 7) is 1.64. The smallest absolute Gasteiger partial charge is 0.404 e. The number of carbonyl (C=O) groups excluding carboxylic acids is 1. The maximum Gasteiger partial charge on any atom is 0.404 e. The van der Waals surface area contributed by atoms with Crippen molar-refractivity contribution in [2.45, 2.75) is 62.8 Å². The van der Waals surface area contributed by atoms with Crippen LogP contribution in [0.5, 0.6) is 0 Å². The number of carboxylic acid groups (broad SMARTS) is 1. The van der Waals surface area contributed by atoms with Crippen LogP contribution in [0.3, 0.4) is 0 Å². The molecule has 7 nitrogen and oxygen atoms in total. The quantitative estimate of drug-likeness (QED) is 0.469. The molecule has 0 aromatic heterocycles. The van der Waals surface area contributed by atoms with Gasteiger partial charge in [0.25, 0.3) is 0 Å². The third kappa shape index (κ3) is 5.32. The first-order chi connectivity index (χ1) is 15.9. The van der Waals surface area contributed by atoms with Crippen molar-refractivity contribution in [1.82, 2.24) is 10.6 Å². The molecule has 180 valence electrons. The molecule has 5 rings (SSSR count). The summed E-state index contributed by atoms with van der Waals surface area (Å²) in [6.07, 6.45) is 6.95. The minimum absolute atomic E-state index is 0.0517. The molecule has 1 aliphatic heterocycles. The van der Waals surface area contributed by atoms with Crippen molar-refractivity contribution in [3.63, 3.8) is 0 Å². The second-order valence-corrected chi connectivity index (χ2v) is 9.78. The summed E-state index contributed by atoms with van der Waals surface area (Å²) in [4.78, 5) is 23.7. The highest BCUT2D eigenvalue weighted by Gasteiger charge is 2.53. The lowest BCUT2D eigenvalue weighted by molar-refractivity contribution is -0.139. The minimum Gasteiger partial charge on any atom is -0.465 e. The summed E-state index contributed by atoms with van der Waals surface area (Å²) in [5, 5.41) is 17.3. The fourth-order valence-corrected chi connectivity index (χ4v) is 5.63. The van der Waals surface area contributed by atoms with Crippen LogP contribution >= 0.6 is 0 Å². The van der Waals surface area contributed by atoms with Crippen LogP contribution in [0.1, 0.15) is 56.9 Å². The topological polar surface area (TPSA) is 99.7 Å². The van der Waals surface area contributed by atoms with E-state index in [1.54, 1.807) is 0 Å². The predicted octanol–water partition coefficient (Wildman–Crippen LogP) is 4.11. The number of fused-ring (bicyclic) bond motifs is 3. The van der Waals surface area contributed by atoms with Crippen LogP contribution in [0.15, 0.2) is 36.2 Å². The Balaban J connectivity index is 1.31. The fourth-order valence-electron chi connectivity index (χ4n) is 5.63. The standard InChI is InChI=1S/C25H34FN3O4/c26-15-18(17-28-23(31)32)16-27-20-3-1-19(2-4-20)24-7-10-25(11-8-24,12-9-24)22(30)29-21-5-13-33-14-6-21/h1-4,15,21,27-28H,5-14,16-17H2,(H,29,30)(H,31,32)/b18-15+. The number of hydrogen-bond donors (Lipinski definition) is 4. The van der Waals surface area contributed by atoms with Crippen molar-refractivity contribution in [3.8, 4) is 0 Å². The first-order valence-corrected chi connectivity index (χ1v) is 11.9. The summed E-state index contributed by atoms with van der Waals surface area (Å²) >= 11 is 0. The number of halogens is 1. The molecule has 2 bridgehead atoms. The van der Waals surface area contributed by atoms with Crippen LogP contribution in [-0.2, 0) is 14.9 Å². The van der Waals surface area contributed by atoms with E-state index in [-0.39, 0.29) is 35.9 Å². The Morgan fingerprint density at radius 2 is 1.67 bits per heavy atom. The van der Waals surface area contributed by atoms with Gasteiger partial charge in [0, 0.05) is 43.4 Å². The Hall–Kier alpha value is -2.61. The van der Waals surface area contributed by atoms with Gasteiger partial charge in [-0.15, -0.1) is 0 Å². The van der Waals surface area contributed by atoms with E-state index in [2.05, 4.69) is 28.1 Å². The normalized spacial score (nSPS) is 27.7. The van der Waals surface area contributed by atoms with Gasteiger partial charge in [0.15, 0.2) is 0 Å². The van der Waals surface area contributed by atoms with Crippen LogP contribution in [0.2, 0.25) is 0 Å². The Morgan fingerprint density at radius 3 is 2.24 bits per heavy atom. The van der Waals surface area contributed by atoms with Crippen LogP contribution in [0.25, 0.3) is 0 Å². The molecule has 2 amide bonds. The van der Waals surface area contributed by atoms with Gasteiger partial charge in [-0.2, -0.15) is 0 Å². The van der Waals surface area contributed by atoms with Gasteiger partial charge < -0.3 is 25.8 Å². The fraction of sp³-hybridized carbons (Fsp3) is 0.600. The van der Waals surface area contributed by atoms with E-state index in [1.165, 1.54) is 5.56 Å². The van der Waals surface area contributed by atoms with Gasteiger partial charge in [-0.3, -0.25) is 4.79 Å². The van der Waals surface area contributed by atoms with Gasteiger partial charge in [-0.05, 0) is 80.1 Å². The number of hydrogen-bond acceptors (Lipinski definition) is 4. The Bertz CT molecular complexity index is 856. The molecular formula is C25H34FN3O4. The molecule has 0 spiro atoms. The van der Waals surface area contributed by atoms with E-state index in [0.29, 0.717) is 11.9 Å². The van der Waals surface area contributed by atoms with Crippen LogP contribution in [0.4, 0.5) is 14.9 Å². The minimum atomic E-state index is -1.18. The number of rotatable bonds is 8. The van der Waals surface area contributed by atoms with E-state index in [4.69, 9.17) is 9.84 Å². The summed E-state index contributed by atoms with van der Waals surface area (Å²) in [6, 6.07) is 8.52. The molecule has 0 radical (unpaired) electrons. The lowest BCUT2D eigenvalue weighted by atomic mass is 9.51. The Morgan fingerprint density at radius 1 is 1.03 bits per heavy atom. The number of nitrogens with one attached hydrogen (secondary N) is 3. The van der Waals surface area contributed by atoms with E-state index < -0.39 is 6.09 Å². The van der Waals surface area contributed by atoms with E-state index in [1.807, 2.05) is 12.1 Å². The highest BCUT2D eigenvalue weighted by atomic mass is 19.1. The lowest BCUT2D eigenvalue weighted by Crippen LogP contribution is -2.54. The van der Waals surface area contributed by atoms with Crippen molar-refractivity contribution >= 4 is 17.7 Å². The SMILES string of the molecule is O=C(O)NC/C(=C/F)CNc1ccc(C23CCC(C(=O)NC4CCOCC4)(CC2)CC3)cc1. The zero-order valence-corrected chi connectivity index (χ0v) is 19.0. The molecule has 1 heterocycles. The number of anilines is 1. The molecular weight excluding hydrogens is 425 g/mol. The van der Waals surface area contributed by atoms with Crippen molar-refractivity contribution in [2.75, 3.05) is 31.6 Å². The van der Waals surface area contributed by atoms with Gasteiger partial charge in [0.1, 0.15) is 0 Å². The molecule has 3 aliphatic carbocycles. The summed E-state index contributed by atoms with van der Waals surface area (Å²) in [7, 11) is 0. The second kappa shape index (κ2) is 10.1. The zero-order chi connectivity index (χ0) is 23.3. The third-order valence-corrected chi connectivity index (χ3v) is 7.92. The zero-order valence-electron chi connectivity index (χ0n) is 19.0. The summed E-state index contributed by atoms with van der Waals surface area (Å²) < 4.78 is 18.4. The number of ether oxygens (including phenoxy) is 1. The molecule has 1 saturated heterocycles. The summed E-state index contributed by atoms with van der Waals surface area (Å²) in [5.41, 5.74) is 2.42. The van der Waals surface area contributed by atoms with Gasteiger partial charge in [0.05, 0.1) is 6.33 Å². The number of carbonyl (C=O) groups is 2.